The summed E-state index contributed by atoms with van der Waals surface area (Å²) in [6, 6.07) is 22.7. The summed E-state index contributed by atoms with van der Waals surface area (Å²) in [4.78, 5) is 2.22. The minimum absolute atomic E-state index is 0.805. The number of allylic oxidation sites excluding steroid dienone is 2. The third-order valence-corrected chi connectivity index (χ3v) is 3.20. The molecule has 0 aliphatic rings. The van der Waals surface area contributed by atoms with Crippen molar-refractivity contribution in [2.24, 2.45) is 0 Å². The number of hydrogen-bond donors (Lipinski definition) is 0. The third kappa shape index (κ3) is 4.00. The summed E-state index contributed by atoms with van der Waals surface area (Å²) in [6.45, 7) is 3.59. The van der Waals surface area contributed by atoms with Crippen LogP contribution >= 0.6 is 0 Å². The summed E-state index contributed by atoms with van der Waals surface area (Å²) in [7, 11) is 0. The first-order valence-electron chi connectivity index (χ1n) is 6.69. The van der Waals surface area contributed by atoms with E-state index in [0.29, 0.717) is 0 Å². The van der Waals surface area contributed by atoms with Crippen molar-refractivity contribution in [1.82, 2.24) is 4.90 Å². The lowest BCUT2D eigenvalue weighted by molar-refractivity contribution is 0.330. The van der Waals surface area contributed by atoms with Gasteiger partial charge in [0.15, 0.2) is 0 Å². The van der Waals surface area contributed by atoms with Crippen LogP contribution in [-0.2, 0) is 13.1 Å². The molecule has 2 aromatic carbocycles. The predicted octanol–water partition coefficient (Wildman–Crippen LogP) is 4.12. The Labute approximate surface area is 120 Å². The number of hydrogen-bond acceptors (Lipinski definition) is 2. The van der Waals surface area contributed by atoms with Crippen LogP contribution in [-0.4, -0.2) is 4.90 Å². The van der Waals surface area contributed by atoms with Crippen molar-refractivity contribution in [3.63, 3.8) is 0 Å². The van der Waals surface area contributed by atoms with Crippen LogP contribution in [0.3, 0.4) is 0 Å². The molecule has 0 saturated carbocycles. The van der Waals surface area contributed by atoms with Crippen molar-refractivity contribution in [1.29, 1.82) is 5.26 Å². The van der Waals surface area contributed by atoms with Crippen molar-refractivity contribution in [3.05, 3.63) is 83.6 Å². The smallest absolute Gasteiger partial charge is 0.0930 e. The maximum atomic E-state index is 8.86. The highest BCUT2D eigenvalue weighted by molar-refractivity contribution is 5.20. The molecule has 0 heterocycles. The standard InChI is InChI=1S/C18H18N2/c1-16(12-13-19)20(14-17-8-4-2-5-9-17)15-18-10-6-3-7-11-18/h2-12H,14-15H2,1H3/b16-12-. The van der Waals surface area contributed by atoms with Crippen LogP contribution in [0.4, 0.5) is 0 Å². The van der Waals surface area contributed by atoms with Gasteiger partial charge in [-0.1, -0.05) is 60.7 Å². The summed E-state index contributed by atoms with van der Waals surface area (Å²) in [6.07, 6.45) is 1.60. The fourth-order valence-electron chi connectivity index (χ4n) is 2.10. The van der Waals surface area contributed by atoms with E-state index in [9.17, 15) is 0 Å². The Morgan fingerprint density at radius 1 is 0.950 bits per heavy atom. The average Bonchev–Trinajstić information content (AvgIpc) is 2.49. The molecule has 0 aliphatic heterocycles. The molecule has 100 valence electrons. The van der Waals surface area contributed by atoms with Gasteiger partial charge in [-0.3, -0.25) is 0 Å². The van der Waals surface area contributed by atoms with Crippen LogP contribution in [0.15, 0.2) is 72.4 Å². The first-order chi connectivity index (χ1) is 9.79. The Hall–Kier alpha value is -2.53. The van der Waals surface area contributed by atoms with Gasteiger partial charge in [-0.05, 0) is 18.1 Å². The molecule has 0 atom stereocenters. The van der Waals surface area contributed by atoms with Crippen molar-refractivity contribution in [2.75, 3.05) is 0 Å². The van der Waals surface area contributed by atoms with Gasteiger partial charge in [-0.25, -0.2) is 0 Å². The van der Waals surface area contributed by atoms with Crippen molar-refractivity contribution in [2.45, 2.75) is 20.0 Å². The van der Waals surface area contributed by atoms with E-state index in [4.69, 9.17) is 5.26 Å². The van der Waals surface area contributed by atoms with Gasteiger partial charge >= 0.3 is 0 Å². The number of nitriles is 1. The van der Waals surface area contributed by atoms with E-state index in [0.717, 1.165) is 18.8 Å². The first kappa shape index (κ1) is 13.9. The van der Waals surface area contributed by atoms with Gasteiger partial charge in [-0.15, -0.1) is 0 Å². The Balaban J connectivity index is 2.17. The molecule has 0 spiro atoms. The lowest BCUT2D eigenvalue weighted by Crippen LogP contribution is -2.20. The van der Waals surface area contributed by atoms with Gasteiger partial charge in [0, 0.05) is 24.9 Å². The molecule has 0 N–H and O–H groups in total. The Morgan fingerprint density at radius 2 is 1.40 bits per heavy atom. The van der Waals surface area contributed by atoms with Gasteiger partial charge in [0.25, 0.3) is 0 Å². The molecular weight excluding hydrogens is 244 g/mol. The van der Waals surface area contributed by atoms with E-state index in [1.54, 1.807) is 6.08 Å². The SMILES string of the molecule is C/C(=C/C#N)N(Cc1ccccc1)Cc1ccccc1. The fraction of sp³-hybridized carbons (Fsp3) is 0.167. The van der Waals surface area contributed by atoms with E-state index < -0.39 is 0 Å². The maximum Gasteiger partial charge on any atom is 0.0930 e. The van der Waals surface area contributed by atoms with E-state index >= 15 is 0 Å². The normalized spacial score (nSPS) is 10.9. The zero-order chi connectivity index (χ0) is 14.2. The van der Waals surface area contributed by atoms with Crippen LogP contribution in [0.5, 0.6) is 0 Å². The Kier molecular flexibility index (Phi) is 4.97. The van der Waals surface area contributed by atoms with Gasteiger partial charge < -0.3 is 4.90 Å². The lowest BCUT2D eigenvalue weighted by atomic mass is 10.1. The molecule has 0 unspecified atom stereocenters. The molecule has 0 fully saturated rings. The Morgan fingerprint density at radius 3 is 1.80 bits per heavy atom. The van der Waals surface area contributed by atoms with Crippen molar-refractivity contribution >= 4 is 0 Å². The van der Waals surface area contributed by atoms with E-state index in [-0.39, 0.29) is 0 Å². The molecule has 0 radical (unpaired) electrons. The predicted molar refractivity (Wildman–Crippen MR) is 81.5 cm³/mol. The second kappa shape index (κ2) is 7.16. The zero-order valence-corrected chi connectivity index (χ0v) is 11.7. The molecule has 20 heavy (non-hydrogen) atoms. The summed E-state index contributed by atoms with van der Waals surface area (Å²) in [5, 5.41) is 8.86. The summed E-state index contributed by atoms with van der Waals surface area (Å²) >= 11 is 0. The second-order valence-electron chi connectivity index (χ2n) is 4.74. The van der Waals surface area contributed by atoms with E-state index in [2.05, 4.69) is 35.2 Å². The minimum atomic E-state index is 0.805. The van der Waals surface area contributed by atoms with Crippen LogP contribution in [0.25, 0.3) is 0 Å². The van der Waals surface area contributed by atoms with Crippen LogP contribution in [0.2, 0.25) is 0 Å². The lowest BCUT2D eigenvalue weighted by Gasteiger charge is -2.25. The van der Waals surface area contributed by atoms with Gasteiger partial charge in [0.2, 0.25) is 0 Å². The zero-order valence-electron chi connectivity index (χ0n) is 11.7. The monoisotopic (exact) mass is 262 g/mol. The number of benzene rings is 2. The molecule has 0 amide bonds. The molecular formula is C18H18N2. The molecule has 0 bridgehead atoms. The molecule has 2 nitrogen and oxygen atoms in total. The van der Waals surface area contributed by atoms with Gasteiger partial charge in [0.05, 0.1) is 6.07 Å². The minimum Gasteiger partial charge on any atom is -0.366 e. The maximum absolute atomic E-state index is 8.86. The Bertz CT molecular complexity index is 553. The number of nitrogens with zero attached hydrogens (tertiary/aromatic N) is 2. The van der Waals surface area contributed by atoms with E-state index in [1.165, 1.54) is 11.1 Å². The highest BCUT2D eigenvalue weighted by atomic mass is 15.1. The summed E-state index contributed by atoms with van der Waals surface area (Å²) in [5.41, 5.74) is 3.48. The largest absolute Gasteiger partial charge is 0.366 e. The van der Waals surface area contributed by atoms with Gasteiger partial charge in [0.1, 0.15) is 0 Å². The van der Waals surface area contributed by atoms with Crippen LogP contribution in [0, 0.1) is 11.3 Å². The van der Waals surface area contributed by atoms with Gasteiger partial charge in [-0.2, -0.15) is 5.26 Å². The van der Waals surface area contributed by atoms with E-state index in [1.807, 2.05) is 43.3 Å². The highest BCUT2D eigenvalue weighted by Crippen LogP contribution is 2.15. The quantitative estimate of drug-likeness (QED) is 0.758. The summed E-state index contributed by atoms with van der Waals surface area (Å²) in [5.74, 6) is 0. The third-order valence-electron chi connectivity index (χ3n) is 3.20. The molecule has 2 rings (SSSR count). The van der Waals surface area contributed by atoms with Crippen LogP contribution in [0.1, 0.15) is 18.1 Å². The molecule has 2 aromatic rings. The molecule has 0 saturated heterocycles. The second-order valence-corrected chi connectivity index (χ2v) is 4.74. The van der Waals surface area contributed by atoms with Crippen molar-refractivity contribution in [3.8, 4) is 6.07 Å². The highest BCUT2D eigenvalue weighted by Gasteiger charge is 2.07. The summed E-state index contributed by atoms with van der Waals surface area (Å²) < 4.78 is 0. The molecule has 0 aromatic heterocycles. The number of rotatable bonds is 5. The average molecular weight is 262 g/mol. The van der Waals surface area contributed by atoms with Crippen LogP contribution < -0.4 is 0 Å². The molecule has 2 heteroatoms. The van der Waals surface area contributed by atoms with Crippen molar-refractivity contribution < 1.29 is 0 Å². The topological polar surface area (TPSA) is 27.0 Å². The molecule has 0 aliphatic carbocycles. The fourth-order valence-corrected chi connectivity index (χ4v) is 2.10. The first-order valence-corrected chi connectivity index (χ1v) is 6.69.